The maximum absolute atomic E-state index is 11.7. The summed E-state index contributed by atoms with van der Waals surface area (Å²) in [5.74, 6) is 0.669. The third-order valence-corrected chi connectivity index (χ3v) is 4.38. The number of likely N-dealkylation sites (tertiary alicyclic amines) is 1. The van der Waals surface area contributed by atoms with Crippen LogP contribution in [0.5, 0.6) is 0 Å². The van der Waals surface area contributed by atoms with Gasteiger partial charge in [0, 0.05) is 19.1 Å². The monoisotopic (exact) mass is 234 g/mol. The smallest absolute Gasteiger partial charge is 0.211 e. The van der Waals surface area contributed by atoms with Crippen molar-refractivity contribution in [3.05, 3.63) is 0 Å². The predicted octanol–water partition coefficient (Wildman–Crippen LogP) is 0.656. The maximum atomic E-state index is 11.7. The fourth-order valence-corrected chi connectivity index (χ4v) is 3.54. The average Bonchev–Trinajstić information content (AvgIpc) is 2.41. The first kappa shape index (κ1) is 12.9. The third-order valence-electron chi connectivity index (χ3n) is 2.89. The second kappa shape index (κ2) is 5.27. The molecule has 1 N–H and O–H groups in total. The van der Waals surface area contributed by atoms with Crippen LogP contribution in [0.4, 0.5) is 0 Å². The van der Waals surface area contributed by atoms with Gasteiger partial charge in [-0.05, 0) is 19.4 Å². The largest absolute Gasteiger partial charge is 0.304 e. The minimum atomic E-state index is -3.06. The van der Waals surface area contributed by atoms with Gasteiger partial charge in [0.25, 0.3) is 0 Å². The van der Waals surface area contributed by atoms with E-state index in [9.17, 15) is 8.42 Å². The zero-order valence-electron chi connectivity index (χ0n) is 9.86. The van der Waals surface area contributed by atoms with E-state index < -0.39 is 10.0 Å². The van der Waals surface area contributed by atoms with E-state index in [1.54, 1.807) is 0 Å². The number of nitrogens with zero attached hydrogens (tertiary/aromatic N) is 1. The van der Waals surface area contributed by atoms with Gasteiger partial charge < -0.3 is 4.90 Å². The fourth-order valence-electron chi connectivity index (χ4n) is 1.99. The number of hydrogen-bond donors (Lipinski definition) is 1. The molecular formula is C10H22N2O2S. The van der Waals surface area contributed by atoms with E-state index in [0.717, 1.165) is 25.9 Å². The Morgan fingerprint density at radius 3 is 2.53 bits per heavy atom. The van der Waals surface area contributed by atoms with Crippen LogP contribution in [0.3, 0.4) is 0 Å². The van der Waals surface area contributed by atoms with Crippen molar-refractivity contribution in [3.63, 3.8) is 0 Å². The highest BCUT2D eigenvalue weighted by atomic mass is 32.2. The molecule has 1 fully saturated rings. The van der Waals surface area contributed by atoms with Crippen LogP contribution in [-0.2, 0) is 10.0 Å². The molecule has 0 aliphatic carbocycles. The van der Waals surface area contributed by atoms with Gasteiger partial charge in [0.15, 0.2) is 0 Å². The first-order valence-electron chi connectivity index (χ1n) is 5.63. The number of nitrogens with one attached hydrogen (secondary N) is 1. The Bertz CT molecular complexity index is 290. The minimum Gasteiger partial charge on any atom is -0.304 e. The van der Waals surface area contributed by atoms with Crippen LogP contribution >= 0.6 is 0 Å². The molecule has 1 aliphatic rings. The second-order valence-electron chi connectivity index (χ2n) is 4.60. The standard InChI is InChI=1S/C10H22N2O2S/c1-4-5-6-15(13,14)11-10-8-12(3)7-9(10)2/h9-11H,4-8H2,1-3H3/t9-,10+/m0/s1. The molecule has 0 aromatic heterocycles. The Hall–Kier alpha value is -0.130. The van der Waals surface area contributed by atoms with Crippen molar-refractivity contribution in [1.82, 2.24) is 9.62 Å². The Balaban J connectivity index is 2.47. The number of unbranched alkanes of at least 4 members (excludes halogenated alkanes) is 1. The molecule has 15 heavy (non-hydrogen) atoms. The van der Waals surface area contributed by atoms with Crippen LogP contribution in [0.2, 0.25) is 0 Å². The summed E-state index contributed by atoms with van der Waals surface area (Å²) in [4.78, 5) is 2.16. The van der Waals surface area contributed by atoms with Crippen LogP contribution in [0.1, 0.15) is 26.7 Å². The molecule has 2 atom stereocenters. The van der Waals surface area contributed by atoms with Crippen molar-refractivity contribution in [2.75, 3.05) is 25.9 Å². The summed E-state index contributed by atoms with van der Waals surface area (Å²) in [6.45, 7) is 5.89. The van der Waals surface area contributed by atoms with Gasteiger partial charge in [0.05, 0.1) is 5.75 Å². The van der Waals surface area contributed by atoms with Gasteiger partial charge in [-0.3, -0.25) is 0 Å². The third kappa shape index (κ3) is 4.09. The molecule has 0 aromatic carbocycles. The Morgan fingerprint density at radius 1 is 1.40 bits per heavy atom. The lowest BCUT2D eigenvalue weighted by molar-refractivity contribution is 0.400. The zero-order valence-corrected chi connectivity index (χ0v) is 10.7. The molecule has 4 nitrogen and oxygen atoms in total. The molecule has 1 rings (SSSR count). The van der Waals surface area contributed by atoms with Crippen LogP contribution in [-0.4, -0.2) is 45.2 Å². The lowest BCUT2D eigenvalue weighted by Gasteiger charge is -2.16. The molecule has 1 aliphatic heterocycles. The SMILES string of the molecule is CCCCS(=O)(=O)N[C@@H]1CN(C)C[C@@H]1C. The van der Waals surface area contributed by atoms with Crippen LogP contribution < -0.4 is 4.72 Å². The summed E-state index contributed by atoms with van der Waals surface area (Å²) in [5, 5.41) is 0. The predicted molar refractivity (Wildman–Crippen MR) is 62.3 cm³/mol. The molecule has 1 heterocycles. The summed E-state index contributed by atoms with van der Waals surface area (Å²) in [6.07, 6.45) is 1.66. The molecular weight excluding hydrogens is 212 g/mol. The first-order valence-corrected chi connectivity index (χ1v) is 7.28. The molecule has 90 valence electrons. The molecule has 0 saturated carbocycles. The van der Waals surface area contributed by atoms with Gasteiger partial charge in [0.1, 0.15) is 0 Å². The van der Waals surface area contributed by atoms with Crippen LogP contribution in [0.15, 0.2) is 0 Å². The molecule has 5 heteroatoms. The first-order chi connectivity index (χ1) is 6.94. The summed E-state index contributed by atoms with van der Waals surface area (Å²) in [6, 6.07) is 0.0943. The summed E-state index contributed by atoms with van der Waals surface area (Å²) in [5.41, 5.74) is 0. The van der Waals surface area contributed by atoms with Gasteiger partial charge in [-0.2, -0.15) is 0 Å². The van der Waals surface area contributed by atoms with Gasteiger partial charge in [-0.1, -0.05) is 20.3 Å². The Kier molecular flexibility index (Phi) is 4.55. The number of hydrogen-bond acceptors (Lipinski definition) is 3. The van der Waals surface area contributed by atoms with Crippen molar-refractivity contribution in [2.45, 2.75) is 32.7 Å². The second-order valence-corrected chi connectivity index (χ2v) is 6.47. The van der Waals surface area contributed by atoms with E-state index in [1.165, 1.54) is 0 Å². The fraction of sp³-hybridized carbons (Fsp3) is 1.00. The lowest BCUT2D eigenvalue weighted by Crippen LogP contribution is -2.40. The Labute approximate surface area is 93.1 Å². The number of sulfonamides is 1. The summed E-state index contributed by atoms with van der Waals surface area (Å²) < 4.78 is 26.1. The van der Waals surface area contributed by atoms with E-state index in [1.807, 2.05) is 14.0 Å². The van der Waals surface area contributed by atoms with E-state index in [0.29, 0.717) is 5.92 Å². The van der Waals surface area contributed by atoms with Gasteiger partial charge in [-0.25, -0.2) is 13.1 Å². The van der Waals surface area contributed by atoms with E-state index in [4.69, 9.17) is 0 Å². The minimum absolute atomic E-state index is 0.0943. The molecule has 0 unspecified atom stereocenters. The normalized spacial score (nSPS) is 28.5. The quantitative estimate of drug-likeness (QED) is 0.760. The van der Waals surface area contributed by atoms with Crippen molar-refractivity contribution >= 4 is 10.0 Å². The van der Waals surface area contributed by atoms with Crippen molar-refractivity contribution in [3.8, 4) is 0 Å². The number of likely N-dealkylation sites (N-methyl/N-ethyl adjacent to an activating group) is 1. The van der Waals surface area contributed by atoms with Crippen LogP contribution in [0.25, 0.3) is 0 Å². The van der Waals surface area contributed by atoms with E-state index in [2.05, 4.69) is 16.5 Å². The van der Waals surface area contributed by atoms with Gasteiger partial charge >= 0.3 is 0 Å². The molecule has 0 spiro atoms. The lowest BCUT2D eigenvalue weighted by atomic mass is 10.1. The topological polar surface area (TPSA) is 49.4 Å². The average molecular weight is 234 g/mol. The molecule has 0 bridgehead atoms. The number of rotatable bonds is 5. The Morgan fingerprint density at radius 2 is 2.07 bits per heavy atom. The molecule has 0 amide bonds. The highest BCUT2D eigenvalue weighted by Crippen LogP contribution is 2.15. The van der Waals surface area contributed by atoms with E-state index >= 15 is 0 Å². The van der Waals surface area contributed by atoms with E-state index in [-0.39, 0.29) is 11.8 Å². The van der Waals surface area contributed by atoms with Gasteiger partial charge in [-0.15, -0.1) is 0 Å². The highest BCUT2D eigenvalue weighted by Gasteiger charge is 2.30. The molecule has 1 saturated heterocycles. The maximum Gasteiger partial charge on any atom is 0.211 e. The van der Waals surface area contributed by atoms with Crippen molar-refractivity contribution in [2.24, 2.45) is 5.92 Å². The summed E-state index contributed by atoms with van der Waals surface area (Å²) >= 11 is 0. The molecule has 0 radical (unpaired) electrons. The zero-order chi connectivity index (χ0) is 11.5. The van der Waals surface area contributed by atoms with Crippen LogP contribution in [0, 0.1) is 5.92 Å². The van der Waals surface area contributed by atoms with Gasteiger partial charge in [0.2, 0.25) is 10.0 Å². The summed E-state index contributed by atoms with van der Waals surface area (Å²) in [7, 11) is -1.04. The molecule has 0 aromatic rings. The van der Waals surface area contributed by atoms with Crippen molar-refractivity contribution in [1.29, 1.82) is 0 Å². The van der Waals surface area contributed by atoms with Crippen molar-refractivity contribution < 1.29 is 8.42 Å². The highest BCUT2D eigenvalue weighted by molar-refractivity contribution is 7.89.